The van der Waals surface area contributed by atoms with Gasteiger partial charge in [-0.2, -0.15) is 0 Å². The van der Waals surface area contributed by atoms with Crippen LogP contribution in [0.4, 0.5) is 0 Å². The molecule has 2 heteroatoms. The van der Waals surface area contributed by atoms with Crippen molar-refractivity contribution in [2.75, 3.05) is 0 Å². The van der Waals surface area contributed by atoms with Crippen LogP contribution in [0.15, 0.2) is 24.3 Å². The summed E-state index contributed by atoms with van der Waals surface area (Å²) in [4.78, 5) is 10.6. The third-order valence-electron chi connectivity index (χ3n) is 1.34. The largest absolute Gasteiger partial charge is 0.366 e. The van der Waals surface area contributed by atoms with Gasteiger partial charge in [-0.3, -0.25) is 4.79 Å². The second-order valence-corrected chi connectivity index (χ2v) is 2.09. The molecule has 11 heavy (non-hydrogen) atoms. The van der Waals surface area contributed by atoms with Gasteiger partial charge in [0.2, 0.25) is 5.91 Å². The number of rotatable bonds is 1. The van der Waals surface area contributed by atoms with E-state index in [1.807, 2.05) is 0 Å². The maximum Gasteiger partial charge on any atom is 0.248 e. The maximum atomic E-state index is 10.6. The molecule has 0 unspecified atom stereocenters. The normalized spacial score (nSPS) is 8.64. The van der Waals surface area contributed by atoms with E-state index in [0.717, 1.165) is 5.56 Å². The number of nitrogens with two attached hydrogens (primary N) is 1. The molecule has 0 radical (unpaired) electrons. The molecule has 0 spiro atoms. The Morgan fingerprint density at radius 1 is 1.36 bits per heavy atom. The zero-order valence-electron chi connectivity index (χ0n) is 5.87. The number of hydrogen-bond donors (Lipinski definition) is 1. The van der Waals surface area contributed by atoms with E-state index in [2.05, 4.69) is 5.92 Å². The van der Waals surface area contributed by atoms with Gasteiger partial charge in [0.1, 0.15) is 0 Å². The highest BCUT2D eigenvalue weighted by atomic mass is 16.1. The van der Waals surface area contributed by atoms with Gasteiger partial charge in [-0.15, -0.1) is 6.42 Å². The number of carbonyl (C=O) groups excluding carboxylic acids is 1. The molecule has 2 N–H and O–H groups in total. The molecule has 0 saturated carbocycles. The highest BCUT2D eigenvalue weighted by Gasteiger charge is 1.96. The molecule has 1 aromatic rings. The van der Waals surface area contributed by atoms with Gasteiger partial charge in [-0.1, -0.05) is 5.92 Å². The van der Waals surface area contributed by atoms with Crippen molar-refractivity contribution < 1.29 is 4.79 Å². The molecule has 0 fully saturated rings. The first-order valence-corrected chi connectivity index (χ1v) is 3.10. The van der Waals surface area contributed by atoms with Crippen LogP contribution in [0.1, 0.15) is 15.9 Å². The van der Waals surface area contributed by atoms with Gasteiger partial charge >= 0.3 is 0 Å². The number of hydrogen-bond acceptors (Lipinski definition) is 1. The van der Waals surface area contributed by atoms with Crippen LogP contribution in [-0.4, -0.2) is 5.91 Å². The van der Waals surface area contributed by atoms with E-state index in [-0.39, 0.29) is 0 Å². The molecular weight excluding hydrogens is 138 g/mol. The van der Waals surface area contributed by atoms with E-state index in [1.54, 1.807) is 24.3 Å². The lowest BCUT2D eigenvalue weighted by atomic mass is 10.1. The number of terminal acetylenes is 1. The highest BCUT2D eigenvalue weighted by molar-refractivity contribution is 5.92. The molecule has 0 aromatic heterocycles. The van der Waals surface area contributed by atoms with Crippen molar-refractivity contribution >= 4 is 5.91 Å². The van der Waals surface area contributed by atoms with E-state index in [1.165, 1.54) is 0 Å². The lowest BCUT2D eigenvalue weighted by Crippen LogP contribution is -2.10. The Morgan fingerprint density at radius 3 is 2.27 bits per heavy atom. The van der Waals surface area contributed by atoms with Gasteiger partial charge in [0.25, 0.3) is 0 Å². The van der Waals surface area contributed by atoms with Gasteiger partial charge in [0, 0.05) is 11.1 Å². The molecule has 0 saturated heterocycles. The third-order valence-corrected chi connectivity index (χ3v) is 1.34. The first-order valence-electron chi connectivity index (χ1n) is 3.10. The minimum absolute atomic E-state index is 0.437. The predicted molar refractivity (Wildman–Crippen MR) is 42.9 cm³/mol. The standard InChI is InChI=1S/C9H7NO/c1-2-7-3-5-8(6-4-7)9(10)11/h1,3-6H,(H2,10,11). The fourth-order valence-electron chi connectivity index (χ4n) is 0.731. The number of benzene rings is 1. The Labute approximate surface area is 65.0 Å². The molecule has 0 heterocycles. The summed E-state index contributed by atoms with van der Waals surface area (Å²) in [6, 6.07) is 6.58. The van der Waals surface area contributed by atoms with Crippen LogP contribution in [0.5, 0.6) is 0 Å². The highest BCUT2D eigenvalue weighted by Crippen LogP contribution is 2.01. The molecule has 0 aliphatic rings. The van der Waals surface area contributed by atoms with Crippen molar-refractivity contribution in [2.24, 2.45) is 5.73 Å². The fraction of sp³-hybridized carbons (Fsp3) is 0. The van der Waals surface area contributed by atoms with Crippen LogP contribution in [0.2, 0.25) is 0 Å². The quantitative estimate of drug-likeness (QED) is 0.582. The molecular formula is C9H7NO. The molecule has 1 aromatic carbocycles. The summed E-state index contributed by atoms with van der Waals surface area (Å²) in [6.07, 6.45) is 5.11. The van der Waals surface area contributed by atoms with Gasteiger partial charge in [-0.25, -0.2) is 0 Å². The predicted octanol–water partition coefficient (Wildman–Crippen LogP) is 0.767. The second-order valence-electron chi connectivity index (χ2n) is 2.09. The Balaban J connectivity index is 3.03. The number of primary amides is 1. The lowest BCUT2D eigenvalue weighted by Gasteiger charge is -1.93. The summed E-state index contributed by atoms with van der Waals surface area (Å²) in [6.45, 7) is 0. The summed E-state index contributed by atoms with van der Waals surface area (Å²) < 4.78 is 0. The topological polar surface area (TPSA) is 43.1 Å². The van der Waals surface area contributed by atoms with Crippen molar-refractivity contribution in [1.29, 1.82) is 0 Å². The van der Waals surface area contributed by atoms with Crippen molar-refractivity contribution in [3.8, 4) is 12.3 Å². The Hall–Kier alpha value is -1.75. The van der Waals surface area contributed by atoms with Crippen LogP contribution >= 0.6 is 0 Å². The lowest BCUT2D eigenvalue weighted by molar-refractivity contribution is 0.100. The average Bonchev–Trinajstić information content (AvgIpc) is 2.05. The smallest absolute Gasteiger partial charge is 0.248 e. The third kappa shape index (κ3) is 1.59. The van der Waals surface area contributed by atoms with E-state index < -0.39 is 5.91 Å². The summed E-state index contributed by atoms with van der Waals surface area (Å²) >= 11 is 0. The number of amides is 1. The fourth-order valence-corrected chi connectivity index (χ4v) is 0.731. The second kappa shape index (κ2) is 2.89. The Bertz CT molecular complexity index is 305. The molecule has 2 nitrogen and oxygen atoms in total. The molecule has 0 atom stereocenters. The first-order chi connectivity index (χ1) is 5.24. The van der Waals surface area contributed by atoms with Gasteiger partial charge < -0.3 is 5.73 Å². The van der Waals surface area contributed by atoms with Crippen LogP contribution in [0, 0.1) is 12.3 Å². The van der Waals surface area contributed by atoms with Crippen molar-refractivity contribution in [3.63, 3.8) is 0 Å². The molecule has 0 bridgehead atoms. The summed E-state index contributed by atoms with van der Waals surface area (Å²) in [5, 5.41) is 0. The van der Waals surface area contributed by atoms with Gasteiger partial charge in [0.05, 0.1) is 0 Å². The molecule has 0 aliphatic carbocycles. The van der Waals surface area contributed by atoms with Crippen molar-refractivity contribution in [1.82, 2.24) is 0 Å². The van der Waals surface area contributed by atoms with Crippen LogP contribution < -0.4 is 5.73 Å². The first kappa shape index (κ1) is 7.36. The molecule has 54 valence electrons. The average molecular weight is 145 g/mol. The summed E-state index contributed by atoms with van der Waals surface area (Å²) in [5.74, 6) is 2.00. The SMILES string of the molecule is C#Cc1ccc(C(N)=O)cc1. The van der Waals surface area contributed by atoms with Crippen molar-refractivity contribution in [2.45, 2.75) is 0 Å². The zero-order valence-corrected chi connectivity index (χ0v) is 5.87. The minimum atomic E-state index is -0.437. The molecule has 0 aliphatic heterocycles. The minimum Gasteiger partial charge on any atom is -0.366 e. The van der Waals surface area contributed by atoms with E-state index in [0.29, 0.717) is 5.56 Å². The zero-order chi connectivity index (χ0) is 8.27. The van der Waals surface area contributed by atoms with E-state index in [9.17, 15) is 4.79 Å². The monoisotopic (exact) mass is 145 g/mol. The summed E-state index contributed by atoms with van der Waals surface area (Å²) in [7, 11) is 0. The Morgan fingerprint density at radius 2 is 1.91 bits per heavy atom. The van der Waals surface area contributed by atoms with E-state index >= 15 is 0 Å². The number of carbonyl (C=O) groups is 1. The molecule has 1 amide bonds. The van der Waals surface area contributed by atoms with Gasteiger partial charge in [0.15, 0.2) is 0 Å². The van der Waals surface area contributed by atoms with Crippen LogP contribution in [-0.2, 0) is 0 Å². The van der Waals surface area contributed by atoms with Crippen LogP contribution in [0.25, 0.3) is 0 Å². The van der Waals surface area contributed by atoms with Gasteiger partial charge in [-0.05, 0) is 24.3 Å². The van der Waals surface area contributed by atoms with E-state index in [4.69, 9.17) is 12.2 Å². The maximum absolute atomic E-state index is 10.6. The summed E-state index contributed by atoms with van der Waals surface area (Å²) in [5.41, 5.74) is 6.24. The Kier molecular flexibility index (Phi) is 1.93. The van der Waals surface area contributed by atoms with Crippen molar-refractivity contribution in [3.05, 3.63) is 35.4 Å². The van der Waals surface area contributed by atoms with Crippen LogP contribution in [0.3, 0.4) is 0 Å². The molecule has 1 rings (SSSR count).